The van der Waals surface area contributed by atoms with Gasteiger partial charge in [-0.1, -0.05) is 325 Å². The fourth-order valence-electron chi connectivity index (χ4n) is 11.2. The average Bonchev–Trinajstić information content (AvgIpc) is 1.93. The van der Waals surface area contributed by atoms with Crippen LogP contribution >= 0.6 is 15.6 Å². The molecule has 0 aliphatic rings. The molecule has 0 spiro atoms. The molecule has 0 bridgehead atoms. The maximum absolute atomic E-state index is 13.1. The maximum atomic E-state index is 13.1. The first-order chi connectivity index (χ1) is 44.8. The van der Waals surface area contributed by atoms with E-state index in [4.69, 9.17) is 37.0 Å². The van der Waals surface area contributed by atoms with E-state index < -0.39 is 97.5 Å². The summed E-state index contributed by atoms with van der Waals surface area (Å²) in [6.45, 7) is 11.9. The van der Waals surface area contributed by atoms with Gasteiger partial charge in [0.05, 0.1) is 26.4 Å². The summed E-state index contributed by atoms with van der Waals surface area (Å²) in [5.41, 5.74) is 0. The Morgan fingerprint density at radius 2 is 0.548 bits per heavy atom. The van der Waals surface area contributed by atoms with Crippen molar-refractivity contribution in [3.63, 3.8) is 0 Å². The molecule has 0 aliphatic carbocycles. The molecule has 0 aromatic carbocycles. The van der Waals surface area contributed by atoms with Gasteiger partial charge in [-0.3, -0.25) is 37.3 Å². The predicted octanol–water partition coefficient (Wildman–Crippen LogP) is 21.4. The number of aliphatic hydroxyl groups is 1. The van der Waals surface area contributed by atoms with E-state index in [0.717, 1.165) is 108 Å². The minimum absolute atomic E-state index is 0.106. The van der Waals surface area contributed by atoms with E-state index in [1.165, 1.54) is 186 Å². The lowest BCUT2D eigenvalue weighted by molar-refractivity contribution is -0.161. The van der Waals surface area contributed by atoms with Crippen molar-refractivity contribution in [1.29, 1.82) is 0 Å². The lowest BCUT2D eigenvalue weighted by Gasteiger charge is -2.21. The van der Waals surface area contributed by atoms with Gasteiger partial charge in [0.25, 0.3) is 0 Å². The van der Waals surface area contributed by atoms with Gasteiger partial charge in [-0.25, -0.2) is 9.13 Å². The van der Waals surface area contributed by atoms with Crippen LogP contribution in [0.1, 0.15) is 376 Å². The van der Waals surface area contributed by atoms with Crippen LogP contribution in [0.5, 0.6) is 0 Å². The normalized spacial score (nSPS) is 14.7. The van der Waals surface area contributed by atoms with E-state index in [1.807, 2.05) is 0 Å². The zero-order chi connectivity index (χ0) is 68.7. The van der Waals surface area contributed by atoms with Crippen molar-refractivity contribution in [3.8, 4) is 0 Å². The third-order valence-electron chi connectivity index (χ3n) is 17.9. The van der Waals surface area contributed by atoms with Crippen molar-refractivity contribution in [2.45, 2.75) is 394 Å². The summed E-state index contributed by atoms with van der Waals surface area (Å²) in [4.78, 5) is 72.8. The van der Waals surface area contributed by atoms with Crippen LogP contribution in [0.3, 0.4) is 0 Å². The highest BCUT2D eigenvalue weighted by molar-refractivity contribution is 7.47. The Kier molecular flexibility index (Phi) is 63.4. The second-order valence-corrected chi connectivity index (χ2v) is 30.6. The number of rotatable bonds is 72. The first kappa shape index (κ1) is 91.1. The number of phosphoric acid groups is 2. The number of esters is 4. The maximum Gasteiger partial charge on any atom is 0.472 e. The van der Waals surface area contributed by atoms with Gasteiger partial charge in [-0.2, -0.15) is 0 Å². The quantitative estimate of drug-likeness (QED) is 0.0222. The topological polar surface area (TPSA) is 237 Å². The average molecular weight is 1370 g/mol. The molecule has 0 saturated carbocycles. The monoisotopic (exact) mass is 1370 g/mol. The minimum Gasteiger partial charge on any atom is -0.462 e. The molecular weight excluding hydrogens is 1220 g/mol. The molecular formula is C74H144O17P2. The molecule has 19 heteroatoms. The van der Waals surface area contributed by atoms with Crippen LogP contribution < -0.4 is 0 Å². The zero-order valence-electron chi connectivity index (χ0n) is 60.7. The first-order valence-electron chi connectivity index (χ1n) is 38.4. The molecule has 0 aliphatic heterocycles. The van der Waals surface area contributed by atoms with Gasteiger partial charge in [0.15, 0.2) is 12.2 Å². The number of phosphoric ester groups is 2. The minimum atomic E-state index is -4.96. The predicted molar refractivity (Wildman–Crippen MR) is 377 cm³/mol. The van der Waals surface area contributed by atoms with E-state index in [-0.39, 0.29) is 25.7 Å². The molecule has 0 saturated heterocycles. The lowest BCUT2D eigenvalue weighted by Crippen LogP contribution is -2.30. The largest absolute Gasteiger partial charge is 0.472 e. The molecule has 552 valence electrons. The third kappa shape index (κ3) is 65.8. The van der Waals surface area contributed by atoms with Crippen LogP contribution in [-0.2, 0) is 65.4 Å². The summed E-state index contributed by atoms with van der Waals surface area (Å²) < 4.78 is 68.5. The van der Waals surface area contributed by atoms with E-state index >= 15 is 0 Å². The van der Waals surface area contributed by atoms with Gasteiger partial charge in [-0.15, -0.1) is 0 Å². The van der Waals surface area contributed by atoms with E-state index in [9.17, 15) is 43.2 Å². The molecule has 7 atom stereocenters. The third-order valence-corrected chi connectivity index (χ3v) is 19.8. The number of ether oxygens (including phenoxy) is 4. The highest BCUT2D eigenvalue weighted by Crippen LogP contribution is 2.45. The van der Waals surface area contributed by atoms with Crippen LogP contribution in [0.4, 0.5) is 0 Å². The van der Waals surface area contributed by atoms with Crippen LogP contribution in [0, 0.1) is 17.8 Å². The Balaban J connectivity index is 5.28. The smallest absolute Gasteiger partial charge is 0.462 e. The summed E-state index contributed by atoms with van der Waals surface area (Å²) in [7, 11) is -9.91. The molecule has 3 N–H and O–H groups in total. The molecule has 0 aromatic rings. The number of hydrogen-bond acceptors (Lipinski definition) is 15. The van der Waals surface area contributed by atoms with Gasteiger partial charge in [-0.05, 0) is 43.4 Å². The number of aliphatic hydroxyl groups excluding tert-OH is 1. The standard InChI is InChI=1S/C74H144O17P2/c1-8-11-12-13-14-15-16-17-20-27-36-43-50-57-73(78)91-70(62-85-72(77)56-49-42-35-30-29-33-40-47-54-67(7)10-3)64-89-93(82,83)87-60-68(75)59-86-92(80,81)88-63-69(90-74(79)58-51-44-37-28-21-18-19-24-31-38-45-52-65(4)5)61-84-71(76)55-48-41-34-26-23-22-25-32-39-46-53-66(6)9-2/h65-70,75H,8-64H2,1-7H3,(H,80,81)(H,82,83)/t66?,67?,68-,69-,70-/m1/s1. The number of carbonyl (C=O) groups is 4. The number of carbonyl (C=O) groups excluding carboxylic acids is 4. The molecule has 0 aromatic heterocycles. The van der Waals surface area contributed by atoms with Gasteiger partial charge < -0.3 is 33.8 Å². The van der Waals surface area contributed by atoms with Crippen molar-refractivity contribution in [2.24, 2.45) is 17.8 Å². The summed E-state index contributed by atoms with van der Waals surface area (Å²) in [6.07, 6.45) is 49.7. The molecule has 4 unspecified atom stereocenters. The second kappa shape index (κ2) is 64.7. The van der Waals surface area contributed by atoms with E-state index in [2.05, 4.69) is 48.5 Å². The Morgan fingerprint density at radius 3 is 0.817 bits per heavy atom. The fraction of sp³-hybridized carbons (Fsp3) is 0.946. The Bertz CT molecular complexity index is 1820. The van der Waals surface area contributed by atoms with Crippen molar-refractivity contribution in [3.05, 3.63) is 0 Å². The van der Waals surface area contributed by atoms with E-state index in [1.54, 1.807) is 0 Å². The lowest BCUT2D eigenvalue weighted by atomic mass is 9.99. The summed E-state index contributed by atoms with van der Waals surface area (Å²) in [5, 5.41) is 10.6. The molecule has 0 heterocycles. The second-order valence-electron chi connectivity index (χ2n) is 27.6. The van der Waals surface area contributed by atoms with Crippen LogP contribution in [0.15, 0.2) is 0 Å². The molecule has 17 nitrogen and oxygen atoms in total. The van der Waals surface area contributed by atoms with E-state index in [0.29, 0.717) is 25.7 Å². The summed E-state index contributed by atoms with van der Waals surface area (Å²) >= 11 is 0. The van der Waals surface area contributed by atoms with Crippen LogP contribution in [0.2, 0.25) is 0 Å². The van der Waals surface area contributed by atoms with Crippen LogP contribution in [-0.4, -0.2) is 96.7 Å². The molecule has 0 amide bonds. The van der Waals surface area contributed by atoms with Crippen molar-refractivity contribution in [1.82, 2.24) is 0 Å². The molecule has 0 fully saturated rings. The SMILES string of the molecule is CCCCCCCCCCCCCCCC(=O)O[C@H](COC(=O)CCCCCCCCCCC(C)CC)COP(=O)(O)OC[C@H](O)COP(=O)(O)OC[C@@H](COC(=O)CCCCCCCCCCCCC(C)CC)OC(=O)CCCCCCCCCCCCCC(C)C. The zero-order valence-corrected chi connectivity index (χ0v) is 62.5. The van der Waals surface area contributed by atoms with Crippen molar-refractivity contribution in [2.75, 3.05) is 39.6 Å². The highest BCUT2D eigenvalue weighted by Gasteiger charge is 2.30. The summed E-state index contributed by atoms with van der Waals surface area (Å²) in [5.74, 6) is 0.234. The Morgan fingerprint density at radius 1 is 0.312 bits per heavy atom. The molecule has 0 rings (SSSR count). The Hall–Kier alpha value is -1.94. The van der Waals surface area contributed by atoms with Gasteiger partial charge in [0, 0.05) is 25.7 Å². The number of hydrogen-bond donors (Lipinski definition) is 3. The summed E-state index contributed by atoms with van der Waals surface area (Å²) in [6, 6.07) is 0. The van der Waals surface area contributed by atoms with Gasteiger partial charge >= 0.3 is 39.5 Å². The number of unbranched alkanes of at least 4 members (excludes halogenated alkanes) is 38. The first-order valence-corrected chi connectivity index (χ1v) is 41.4. The van der Waals surface area contributed by atoms with Crippen molar-refractivity contribution < 1.29 is 80.2 Å². The Labute approximate surface area is 568 Å². The fourth-order valence-corrected chi connectivity index (χ4v) is 12.8. The van der Waals surface area contributed by atoms with Gasteiger partial charge in [0.1, 0.15) is 19.3 Å². The van der Waals surface area contributed by atoms with Crippen LogP contribution in [0.25, 0.3) is 0 Å². The highest BCUT2D eigenvalue weighted by atomic mass is 31.2. The van der Waals surface area contributed by atoms with Crippen molar-refractivity contribution >= 4 is 39.5 Å². The molecule has 93 heavy (non-hydrogen) atoms. The van der Waals surface area contributed by atoms with Gasteiger partial charge in [0.2, 0.25) is 0 Å². The molecule has 0 radical (unpaired) electrons.